The Morgan fingerprint density at radius 2 is 1.85 bits per heavy atom. The van der Waals surface area contributed by atoms with Crippen LogP contribution in [0.5, 0.6) is 0 Å². The lowest BCUT2D eigenvalue weighted by Gasteiger charge is -2.20. The van der Waals surface area contributed by atoms with Crippen LogP contribution in [0.15, 0.2) is 24.3 Å². The van der Waals surface area contributed by atoms with Crippen LogP contribution < -0.4 is 5.32 Å². The van der Waals surface area contributed by atoms with Crippen molar-refractivity contribution >= 4 is 0 Å². The van der Waals surface area contributed by atoms with Gasteiger partial charge in [0.2, 0.25) is 0 Å². The molecule has 1 aromatic rings. The largest absolute Gasteiger partial charge is 0.372 e. The van der Waals surface area contributed by atoms with E-state index in [9.17, 15) is 0 Å². The minimum absolute atomic E-state index is 0.201. The molecule has 20 heavy (non-hydrogen) atoms. The van der Waals surface area contributed by atoms with Crippen molar-refractivity contribution in [1.82, 2.24) is 5.32 Å². The van der Waals surface area contributed by atoms with Gasteiger partial charge in [-0.25, -0.2) is 0 Å². The zero-order chi connectivity index (χ0) is 14.5. The van der Waals surface area contributed by atoms with E-state index >= 15 is 0 Å². The second-order valence-electron chi connectivity index (χ2n) is 6.75. The topological polar surface area (TPSA) is 21.3 Å². The van der Waals surface area contributed by atoms with Gasteiger partial charge in [0, 0.05) is 19.2 Å². The molecule has 0 amide bonds. The molecule has 2 heteroatoms. The quantitative estimate of drug-likeness (QED) is 0.898. The Hall–Kier alpha value is -0.860. The van der Waals surface area contributed by atoms with E-state index in [0.717, 1.165) is 26.0 Å². The molecule has 112 valence electrons. The monoisotopic (exact) mass is 275 g/mol. The standard InChI is InChI=1S/C18H29NO/c1-13(2)11-15-5-7-16(8-6-15)18-12-19-17(14(3)4)9-10-20-18/h5-8,13-14,17-19H,9-12H2,1-4H3. The predicted octanol–water partition coefficient (Wildman–Crippen LogP) is 3.96. The first kappa shape index (κ1) is 15.5. The summed E-state index contributed by atoms with van der Waals surface area (Å²) in [5.74, 6) is 1.38. The molecular formula is C18H29NO. The molecule has 2 unspecified atom stereocenters. The van der Waals surface area contributed by atoms with Crippen molar-refractivity contribution in [3.05, 3.63) is 35.4 Å². The molecule has 1 N–H and O–H groups in total. The molecule has 2 nitrogen and oxygen atoms in total. The second kappa shape index (κ2) is 7.24. The van der Waals surface area contributed by atoms with Gasteiger partial charge in [0.25, 0.3) is 0 Å². The molecule has 2 atom stereocenters. The van der Waals surface area contributed by atoms with E-state index in [2.05, 4.69) is 57.3 Å². The Kier molecular flexibility index (Phi) is 5.62. The highest BCUT2D eigenvalue weighted by Gasteiger charge is 2.21. The van der Waals surface area contributed by atoms with Crippen LogP contribution in [0.2, 0.25) is 0 Å². The van der Waals surface area contributed by atoms with Crippen molar-refractivity contribution in [2.45, 2.75) is 52.7 Å². The van der Waals surface area contributed by atoms with Crippen LogP contribution in [0.25, 0.3) is 0 Å². The van der Waals surface area contributed by atoms with E-state index in [1.54, 1.807) is 0 Å². The summed E-state index contributed by atoms with van der Waals surface area (Å²) in [6.07, 6.45) is 2.46. The first-order valence-electron chi connectivity index (χ1n) is 8.00. The first-order valence-corrected chi connectivity index (χ1v) is 8.00. The van der Waals surface area contributed by atoms with E-state index in [1.165, 1.54) is 11.1 Å². The SMILES string of the molecule is CC(C)Cc1ccc(C2CNC(C(C)C)CCO2)cc1. The van der Waals surface area contributed by atoms with Crippen LogP contribution >= 0.6 is 0 Å². The predicted molar refractivity (Wildman–Crippen MR) is 84.9 cm³/mol. The molecule has 1 saturated heterocycles. The number of ether oxygens (including phenoxy) is 1. The Morgan fingerprint density at radius 1 is 1.15 bits per heavy atom. The first-order chi connectivity index (χ1) is 9.56. The zero-order valence-electron chi connectivity index (χ0n) is 13.4. The van der Waals surface area contributed by atoms with Gasteiger partial charge in [0.1, 0.15) is 0 Å². The normalized spacial score (nSPS) is 24.1. The van der Waals surface area contributed by atoms with Crippen LogP contribution in [-0.4, -0.2) is 19.2 Å². The lowest BCUT2D eigenvalue weighted by atomic mass is 10.00. The van der Waals surface area contributed by atoms with Gasteiger partial charge in [-0.15, -0.1) is 0 Å². The molecule has 0 aromatic heterocycles. The van der Waals surface area contributed by atoms with Gasteiger partial charge in [-0.05, 0) is 35.8 Å². The molecule has 1 aromatic carbocycles. The summed E-state index contributed by atoms with van der Waals surface area (Å²) in [4.78, 5) is 0. The minimum atomic E-state index is 0.201. The summed E-state index contributed by atoms with van der Waals surface area (Å²) in [7, 11) is 0. The van der Waals surface area contributed by atoms with Crippen molar-refractivity contribution in [3.8, 4) is 0 Å². The second-order valence-corrected chi connectivity index (χ2v) is 6.75. The average molecular weight is 275 g/mol. The summed E-state index contributed by atoms with van der Waals surface area (Å²) in [5, 5.41) is 3.65. The van der Waals surface area contributed by atoms with Gasteiger partial charge in [-0.1, -0.05) is 52.0 Å². The van der Waals surface area contributed by atoms with Gasteiger partial charge in [0.05, 0.1) is 6.10 Å². The molecule has 0 aliphatic carbocycles. The maximum atomic E-state index is 6.03. The third-order valence-electron chi connectivity index (χ3n) is 4.11. The van der Waals surface area contributed by atoms with Crippen LogP contribution in [0.4, 0.5) is 0 Å². The van der Waals surface area contributed by atoms with Crippen LogP contribution in [0.3, 0.4) is 0 Å². The van der Waals surface area contributed by atoms with Gasteiger partial charge in [0.15, 0.2) is 0 Å². The maximum absolute atomic E-state index is 6.03. The molecule has 0 bridgehead atoms. The molecule has 0 radical (unpaired) electrons. The molecule has 1 aliphatic heterocycles. The zero-order valence-corrected chi connectivity index (χ0v) is 13.4. The summed E-state index contributed by atoms with van der Waals surface area (Å²) >= 11 is 0. The summed E-state index contributed by atoms with van der Waals surface area (Å²) in [5.41, 5.74) is 2.72. The molecular weight excluding hydrogens is 246 g/mol. The highest BCUT2D eigenvalue weighted by atomic mass is 16.5. The Morgan fingerprint density at radius 3 is 2.45 bits per heavy atom. The third-order valence-corrected chi connectivity index (χ3v) is 4.11. The fraction of sp³-hybridized carbons (Fsp3) is 0.667. The Bertz CT molecular complexity index is 396. The van der Waals surface area contributed by atoms with E-state index in [0.29, 0.717) is 17.9 Å². The van der Waals surface area contributed by atoms with Gasteiger partial charge in [-0.3, -0.25) is 0 Å². The Balaban J connectivity index is 1.97. The van der Waals surface area contributed by atoms with Crippen LogP contribution in [0.1, 0.15) is 51.3 Å². The molecule has 1 heterocycles. The number of benzene rings is 1. The van der Waals surface area contributed by atoms with E-state index in [1.807, 2.05) is 0 Å². The van der Waals surface area contributed by atoms with Crippen molar-refractivity contribution in [2.75, 3.05) is 13.2 Å². The smallest absolute Gasteiger partial charge is 0.0949 e. The number of hydrogen-bond acceptors (Lipinski definition) is 2. The number of rotatable bonds is 4. The van der Waals surface area contributed by atoms with Crippen molar-refractivity contribution in [1.29, 1.82) is 0 Å². The van der Waals surface area contributed by atoms with Crippen molar-refractivity contribution < 1.29 is 4.74 Å². The Labute approximate surface area is 123 Å². The average Bonchev–Trinajstić information content (AvgIpc) is 2.64. The molecule has 1 fully saturated rings. The van der Waals surface area contributed by atoms with Crippen LogP contribution in [0, 0.1) is 11.8 Å². The molecule has 1 aliphatic rings. The lowest BCUT2D eigenvalue weighted by Crippen LogP contribution is -2.34. The van der Waals surface area contributed by atoms with Crippen LogP contribution in [-0.2, 0) is 11.2 Å². The maximum Gasteiger partial charge on any atom is 0.0949 e. The summed E-state index contributed by atoms with van der Waals surface area (Å²) < 4.78 is 6.03. The van der Waals surface area contributed by atoms with E-state index < -0.39 is 0 Å². The summed E-state index contributed by atoms with van der Waals surface area (Å²) in [6, 6.07) is 9.56. The lowest BCUT2D eigenvalue weighted by molar-refractivity contribution is 0.0660. The molecule has 0 spiro atoms. The fourth-order valence-electron chi connectivity index (χ4n) is 2.88. The van der Waals surface area contributed by atoms with E-state index in [4.69, 9.17) is 4.74 Å². The highest BCUT2D eigenvalue weighted by molar-refractivity contribution is 5.25. The summed E-state index contributed by atoms with van der Waals surface area (Å²) in [6.45, 7) is 10.9. The number of hydrogen-bond donors (Lipinski definition) is 1. The number of nitrogens with one attached hydrogen (secondary N) is 1. The van der Waals surface area contributed by atoms with E-state index in [-0.39, 0.29) is 6.10 Å². The van der Waals surface area contributed by atoms with Crippen molar-refractivity contribution in [3.63, 3.8) is 0 Å². The van der Waals surface area contributed by atoms with Gasteiger partial charge < -0.3 is 10.1 Å². The molecule has 2 rings (SSSR count). The van der Waals surface area contributed by atoms with Crippen molar-refractivity contribution in [2.24, 2.45) is 11.8 Å². The van der Waals surface area contributed by atoms with Gasteiger partial charge >= 0.3 is 0 Å². The minimum Gasteiger partial charge on any atom is -0.372 e. The fourth-order valence-corrected chi connectivity index (χ4v) is 2.88. The highest BCUT2D eigenvalue weighted by Crippen LogP contribution is 2.22. The molecule has 0 saturated carbocycles. The third kappa shape index (κ3) is 4.32. The van der Waals surface area contributed by atoms with Gasteiger partial charge in [-0.2, -0.15) is 0 Å².